The SMILES string of the molecule is Cc1nc(-c2cccc(C(=O)NCCC(=O)Nc3nc(C)c(C(=O)OC4CCCC4)s3)c2)no1. The van der Waals surface area contributed by atoms with Gasteiger partial charge in [0.2, 0.25) is 17.6 Å². The van der Waals surface area contributed by atoms with Gasteiger partial charge in [-0.25, -0.2) is 9.78 Å². The second kappa shape index (κ2) is 10.6. The number of nitrogens with zero attached hydrogens (tertiary/aromatic N) is 3. The standard InChI is InChI=1S/C23H25N5O5S/c1-13-19(22(31)32-17-8-3-4-9-17)34-23(25-13)27-18(29)10-11-24-21(30)16-7-5-6-15(12-16)20-26-14(2)33-28-20/h5-7,12,17H,3-4,8-11H2,1-2H3,(H,24,30)(H,25,27,29). The van der Waals surface area contributed by atoms with E-state index in [2.05, 4.69) is 25.8 Å². The molecule has 3 aromatic rings. The van der Waals surface area contributed by atoms with Crippen molar-refractivity contribution in [1.82, 2.24) is 20.4 Å². The monoisotopic (exact) mass is 483 g/mol. The average molecular weight is 484 g/mol. The number of rotatable bonds is 8. The van der Waals surface area contributed by atoms with Crippen LogP contribution in [0.4, 0.5) is 5.13 Å². The Kier molecular flexibility index (Phi) is 7.31. The Morgan fingerprint density at radius 3 is 2.71 bits per heavy atom. The van der Waals surface area contributed by atoms with Gasteiger partial charge in [-0.05, 0) is 44.7 Å². The van der Waals surface area contributed by atoms with Crippen LogP contribution in [0.25, 0.3) is 11.4 Å². The Labute approximate surface area is 200 Å². The lowest BCUT2D eigenvalue weighted by Crippen LogP contribution is -2.27. The molecule has 10 nitrogen and oxygen atoms in total. The number of nitrogens with one attached hydrogen (secondary N) is 2. The van der Waals surface area contributed by atoms with Gasteiger partial charge in [-0.3, -0.25) is 9.59 Å². The Morgan fingerprint density at radius 2 is 1.97 bits per heavy atom. The van der Waals surface area contributed by atoms with E-state index in [1.165, 1.54) is 0 Å². The molecule has 1 aliphatic carbocycles. The van der Waals surface area contributed by atoms with E-state index in [-0.39, 0.29) is 30.9 Å². The molecular weight excluding hydrogens is 458 g/mol. The molecule has 2 N–H and O–H groups in total. The number of ether oxygens (including phenoxy) is 1. The van der Waals surface area contributed by atoms with Crippen LogP contribution in [-0.2, 0) is 9.53 Å². The maximum atomic E-state index is 12.5. The summed E-state index contributed by atoms with van der Waals surface area (Å²) < 4.78 is 10.5. The van der Waals surface area contributed by atoms with Crippen molar-refractivity contribution in [2.45, 2.75) is 52.1 Å². The van der Waals surface area contributed by atoms with E-state index in [9.17, 15) is 14.4 Å². The average Bonchev–Trinajstić information content (AvgIpc) is 3.56. The number of esters is 1. The van der Waals surface area contributed by atoms with E-state index >= 15 is 0 Å². The summed E-state index contributed by atoms with van der Waals surface area (Å²) in [6, 6.07) is 6.83. The quantitative estimate of drug-likeness (QED) is 0.463. The van der Waals surface area contributed by atoms with Crippen molar-refractivity contribution in [2.75, 3.05) is 11.9 Å². The molecule has 4 rings (SSSR count). The lowest BCUT2D eigenvalue weighted by molar-refractivity contribution is -0.116. The molecule has 34 heavy (non-hydrogen) atoms. The van der Waals surface area contributed by atoms with Gasteiger partial charge in [0.1, 0.15) is 11.0 Å². The molecule has 0 spiro atoms. The molecule has 0 saturated heterocycles. The normalized spacial score (nSPS) is 13.6. The predicted molar refractivity (Wildman–Crippen MR) is 125 cm³/mol. The highest BCUT2D eigenvalue weighted by molar-refractivity contribution is 7.17. The second-order valence-electron chi connectivity index (χ2n) is 8.02. The number of hydrogen-bond acceptors (Lipinski definition) is 9. The number of hydrogen-bond donors (Lipinski definition) is 2. The Balaban J connectivity index is 1.26. The molecule has 178 valence electrons. The van der Waals surface area contributed by atoms with Crippen LogP contribution in [0.3, 0.4) is 0 Å². The van der Waals surface area contributed by atoms with Crippen LogP contribution >= 0.6 is 11.3 Å². The summed E-state index contributed by atoms with van der Waals surface area (Å²) in [5.41, 5.74) is 1.60. The van der Waals surface area contributed by atoms with Gasteiger partial charge in [-0.2, -0.15) is 4.98 Å². The molecule has 11 heteroatoms. The van der Waals surface area contributed by atoms with E-state index in [0.717, 1.165) is 37.0 Å². The first-order valence-electron chi connectivity index (χ1n) is 11.1. The minimum absolute atomic E-state index is 0.0346. The van der Waals surface area contributed by atoms with E-state index in [0.29, 0.717) is 38.5 Å². The molecule has 0 atom stereocenters. The molecule has 1 fully saturated rings. The van der Waals surface area contributed by atoms with Gasteiger partial charge in [0.15, 0.2) is 5.13 Å². The maximum absolute atomic E-state index is 12.5. The van der Waals surface area contributed by atoms with Crippen LogP contribution < -0.4 is 10.6 Å². The zero-order chi connectivity index (χ0) is 24.1. The topological polar surface area (TPSA) is 136 Å². The first kappa shape index (κ1) is 23.6. The smallest absolute Gasteiger partial charge is 0.350 e. The van der Waals surface area contributed by atoms with E-state index in [4.69, 9.17) is 9.26 Å². The van der Waals surface area contributed by atoms with Gasteiger partial charge in [0.25, 0.3) is 5.91 Å². The van der Waals surface area contributed by atoms with Crippen molar-refractivity contribution in [3.63, 3.8) is 0 Å². The molecule has 1 saturated carbocycles. The molecule has 0 unspecified atom stereocenters. The summed E-state index contributed by atoms with van der Waals surface area (Å²) in [5.74, 6) is -0.202. The minimum Gasteiger partial charge on any atom is -0.458 e. The number of carbonyl (C=O) groups is 3. The lowest BCUT2D eigenvalue weighted by atomic mass is 10.1. The number of carbonyl (C=O) groups excluding carboxylic acids is 3. The van der Waals surface area contributed by atoms with Gasteiger partial charge in [-0.1, -0.05) is 28.6 Å². The number of aromatic nitrogens is 3. The minimum atomic E-state index is -0.395. The maximum Gasteiger partial charge on any atom is 0.350 e. The highest BCUT2D eigenvalue weighted by Gasteiger charge is 2.24. The number of anilines is 1. The van der Waals surface area contributed by atoms with Crippen molar-refractivity contribution in [2.24, 2.45) is 0 Å². The van der Waals surface area contributed by atoms with Gasteiger partial charge in [0.05, 0.1) is 5.69 Å². The lowest BCUT2D eigenvalue weighted by Gasteiger charge is -2.09. The summed E-state index contributed by atoms with van der Waals surface area (Å²) in [6.07, 6.45) is 3.94. The van der Waals surface area contributed by atoms with Crippen LogP contribution in [0, 0.1) is 13.8 Å². The van der Waals surface area contributed by atoms with Gasteiger partial charge in [0, 0.05) is 31.0 Å². The summed E-state index contributed by atoms with van der Waals surface area (Å²) in [7, 11) is 0. The highest BCUT2D eigenvalue weighted by atomic mass is 32.1. The Bertz CT molecular complexity index is 1200. The van der Waals surface area contributed by atoms with Crippen LogP contribution in [0.15, 0.2) is 28.8 Å². The third-order valence-electron chi connectivity index (χ3n) is 5.35. The first-order valence-corrected chi connectivity index (χ1v) is 11.9. The van der Waals surface area contributed by atoms with Crippen molar-refractivity contribution < 1.29 is 23.6 Å². The van der Waals surface area contributed by atoms with Crippen LogP contribution in [0.2, 0.25) is 0 Å². The number of benzene rings is 1. The molecule has 1 aromatic carbocycles. The molecule has 0 aliphatic heterocycles. The van der Waals surface area contributed by atoms with Crippen LogP contribution in [-0.4, -0.2) is 45.6 Å². The molecule has 2 amide bonds. The largest absolute Gasteiger partial charge is 0.458 e. The summed E-state index contributed by atoms with van der Waals surface area (Å²) in [6.45, 7) is 3.53. The number of amides is 2. The molecule has 2 heterocycles. The third kappa shape index (κ3) is 5.84. The van der Waals surface area contributed by atoms with Crippen LogP contribution in [0.5, 0.6) is 0 Å². The second-order valence-corrected chi connectivity index (χ2v) is 9.02. The van der Waals surface area contributed by atoms with Crippen molar-refractivity contribution >= 4 is 34.3 Å². The van der Waals surface area contributed by atoms with Crippen molar-refractivity contribution in [1.29, 1.82) is 0 Å². The Morgan fingerprint density at radius 1 is 1.18 bits per heavy atom. The molecule has 0 radical (unpaired) electrons. The Hall–Kier alpha value is -3.60. The van der Waals surface area contributed by atoms with Gasteiger partial charge >= 0.3 is 5.97 Å². The van der Waals surface area contributed by atoms with E-state index in [1.54, 1.807) is 38.1 Å². The zero-order valence-corrected chi connectivity index (χ0v) is 19.7. The van der Waals surface area contributed by atoms with E-state index in [1.807, 2.05) is 0 Å². The van der Waals surface area contributed by atoms with Gasteiger partial charge < -0.3 is 19.9 Å². The highest BCUT2D eigenvalue weighted by Crippen LogP contribution is 2.27. The zero-order valence-electron chi connectivity index (χ0n) is 18.9. The fraction of sp³-hybridized carbons (Fsp3) is 0.391. The third-order valence-corrected chi connectivity index (χ3v) is 6.41. The summed E-state index contributed by atoms with van der Waals surface area (Å²) in [4.78, 5) is 46.0. The molecule has 0 bridgehead atoms. The summed E-state index contributed by atoms with van der Waals surface area (Å²) in [5, 5.41) is 9.58. The molecule has 1 aliphatic rings. The first-order chi connectivity index (χ1) is 16.4. The number of aryl methyl sites for hydroxylation is 2. The fourth-order valence-corrected chi connectivity index (χ4v) is 4.51. The fourth-order valence-electron chi connectivity index (χ4n) is 3.64. The summed E-state index contributed by atoms with van der Waals surface area (Å²) >= 11 is 1.09. The van der Waals surface area contributed by atoms with Gasteiger partial charge in [-0.15, -0.1) is 0 Å². The van der Waals surface area contributed by atoms with Crippen molar-refractivity contribution in [3.8, 4) is 11.4 Å². The molecular formula is C23H25N5O5S. The van der Waals surface area contributed by atoms with Crippen LogP contribution in [0.1, 0.15) is 63.7 Å². The molecule has 2 aromatic heterocycles. The van der Waals surface area contributed by atoms with Crippen molar-refractivity contribution in [3.05, 3.63) is 46.3 Å². The predicted octanol–water partition coefficient (Wildman–Crippen LogP) is 3.67. The number of thiazole rings is 1. The van der Waals surface area contributed by atoms with E-state index < -0.39 is 5.97 Å².